The normalized spacial score (nSPS) is 10.6. The van der Waals surface area contributed by atoms with E-state index in [4.69, 9.17) is 0 Å². The van der Waals surface area contributed by atoms with Gasteiger partial charge in [-0.3, -0.25) is 4.98 Å². The number of hydrogen-bond donors (Lipinski definition) is 1. The number of benzene rings is 1. The lowest BCUT2D eigenvalue weighted by atomic mass is 10.00. The van der Waals surface area contributed by atoms with Gasteiger partial charge in [-0.15, -0.1) is 0 Å². The Morgan fingerprint density at radius 1 is 1.06 bits per heavy atom. The van der Waals surface area contributed by atoms with Crippen molar-refractivity contribution in [1.82, 2.24) is 10.3 Å². The monoisotopic (exact) mass is 240 g/mol. The van der Waals surface area contributed by atoms with Gasteiger partial charge in [-0.25, -0.2) is 0 Å². The Hall–Kier alpha value is -1.67. The fourth-order valence-corrected chi connectivity index (χ4v) is 2.32. The highest BCUT2D eigenvalue weighted by Gasteiger charge is 2.03. The summed E-state index contributed by atoms with van der Waals surface area (Å²) < 4.78 is 0. The quantitative estimate of drug-likeness (QED) is 0.887. The Labute approximate surface area is 109 Å². The molecule has 0 aliphatic carbocycles. The third kappa shape index (κ3) is 3.17. The van der Waals surface area contributed by atoms with Gasteiger partial charge in [-0.05, 0) is 49.1 Å². The SMILES string of the molecule is Cc1cc(C)c(CNCc2cccnc2)c(C)c1. The van der Waals surface area contributed by atoms with Crippen molar-refractivity contribution >= 4 is 0 Å². The van der Waals surface area contributed by atoms with Crippen molar-refractivity contribution in [2.75, 3.05) is 0 Å². The second kappa shape index (κ2) is 5.78. The molecule has 94 valence electrons. The Morgan fingerprint density at radius 2 is 1.78 bits per heavy atom. The van der Waals surface area contributed by atoms with Gasteiger partial charge in [0, 0.05) is 25.5 Å². The first-order chi connectivity index (χ1) is 8.66. The zero-order chi connectivity index (χ0) is 13.0. The van der Waals surface area contributed by atoms with Crippen LogP contribution < -0.4 is 5.32 Å². The molecule has 0 aliphatic rings. The van der Waals surface area contributed by atoms with E-state index in [1.54, 1.807) is 6.20 Å². The van der Waals surface area contributed by atoms with Gasteiger partial charge in [0.15, 0.2) is 0 Å². The van der Waals surface area contributed by atoms with Gasteiger partial charge in [-0.1, -0.05) is 23.8 Å². The zero-order valence-electron chi connectivity index (χ0n) is 11.3. The molecule has 2 nitrogen and oxygen atoms in total. The van der Waals surface area contributed by atoms with E-state index in [2.05, 4.69) is 49.3 Å². The smallest absolute Gasteiger partial charge is 0.0312 e. The topological polar surface area (TPSA) is 24.9 Å². The number of nitrogens with one attached hydrogen (secondary N) is 1. The second-order valence-electron chi connectivity index (χ2n) is 4.84. The van der Waals surface area contributed by atoms with Crippen LogP contribution in [0.25, 0.3) is 0 Å². The van der Waals surface area contributed by atoms with Gasteiger partial charge in [0.2, 0.25) is 0 Å². The lowest BCUT2D eigenvalue weighted by molar-refractivity contribution is 0.685. The van der Waals surface area contributed by atoms with Crippen molar-refractivity contribution in [2.45, 2.75) is 33.9 Å². The predicted molar refractivity (Wildman–Crippen MR) is 75.4 cm³/mol. The number of nitrogens with zero attached hydrogens (tertiary/aromatic N) is 1. The molecule has 0 unspecified atom stereocenters. The molecule has 1 N–H and O–H groups in total. The van der Waals surface area contributed by atoms with Gasteiger partial charge in [0.1, 0.15) is 0 Å². The Bertz CT molecular complexity index is 495. The van der Waals surface area contributed by atoms with E-state index in [1.165, 1.54) is 27.8 Å². The summed E-state index contributed by atoms with van der Waals surface area (Å²) in [5, 5.41) is 3.48. The molecule has 1 aromatic carbocycles. The summed E-state index contributed by atoms with van der Waals surface area (Å²) >= 11 is 0. The summed E-state index contributed by atoms with van der Waals surface area (Å²) in [6, 6.07) is 8.55. The summed E-state index contributed by atoms with van der Waals surface area (Å²) in [6.07, 6.45) is 3.71. The van der Waals surface area contributed by atoms with Crippen LogP contribution in [0.2, 0.25) is 0 Å². The van der Waals surface area contributed by atoms with Crippen molar-refractivity contribution in [3.8, 4) is 0 Å². The number of pyridine rings is 1. The van der Waals surface area contributed by atoms with E-state index >= 15 is 0 Å². The first-order valence-corrected chi connectivity index (χ1v) is 6.33. The van der Waals surface area contributed by atoms with Crippen LogP contribution in [-0.4, -0.2) is 4.98 Å². The van der Waals surface area contributed by atoms with Gasteiger partial charge in [0.25, 0.3) is 0 Å². The van der Waals surface area contributed by atoms with Crippen LogP contribution in [0.15, 0.2) is 36.7 Å². The summed E-state index contributed by atoms with van der Waals surface area (Å²) in [7, 11) is 0. The predicted octanol–water partition coefficient (Wildman–Crippen LogP) is 3.30. The molecule has 0 atom stereocenters. The van der Waals surface area contributed by atoms with Crippen molar-refractivity contribution < 1.29 is 0 Å². The number of aromatic nitrogens is 1. The third-order valence-corrected chi connectivity index (χ3v) is 3.19. The maximum absolute atomic E-state index is 4.12. The van der Waals surface area contributed by atoms with Gasteiger partial charge in [0.05, 0.1) is 0 Å². The van der Waals surface area contributed by atoms with Crippen LogP contribution in [0.1, 0.15) is 27.8 Å². The van der Waals surface area contributed by atoms with Crippen molar-refractivity contribution in [3.63, 3.8) is 0 Å². The molecule has 0 aliphatic heterocycles. The molecule has 2 aromatic rings. The first kappa shape index (κ1) is 12.8. The number of hydrogen-bond acceptors (Lipinski definition) is 2. The molecule has 0 fully saturated rings. The Kier molecular flexibility index (Phi) is 4.11. The average molecular weight is 240 g/mol. The van der Waals surface area contributed by atoms with Gasteiger partial charge < -0.3 is 5.32 Å². The fraction of sp³-hybridized carbons (Fsp3) is 0.312. The minimum Gasteiger partial charge on any atom is -0.309 e. The van der Waals surface area contributed by atoms with E-state index in [0.29, 0.717) is 0 Å². The Balaban J connectivity index is 1.99. The molecule has 0 amide bonds. The highest BCUT2D eigenvalue weighted by Crippen LogP contribution is 2.16. The first-order valence-electron chi connectivity index (χ1n) is 6.33. The number of rotatable bonds is 4. The molecular weight excluding hydrogens is 220 g/mol. The van der Waals surface area contributed by atoms with E-state index in [9.17, 15) is 0 Å². The van der Waals surface area contributed by atoms with Crippen molar-refractivity contribution in [2.24, 2.45) is 0 Å². The van der Waals surface area contributed by atoms with E-state index < -0.39 is 0 Å². The molecule has 1 heterocycles. The largest absolute Gasteiger partial charge is 0.309 e. The van der Waals surface area contributed by atoms with Crippen molar-refractivity contribution in [3.05, 3.63) is 64.5 Å². The van der Waals surface area contributed by atoms with Crippen LogP contribution >= 0.6 is 0 Å². The molecule has 0 radical (unpaired) electrons. The molecular formula is C16H20N2. The van der Waals surface area contributed by atoms with Crippen LogP contribution in [0.5, 0.6) is 0 Å². The van der Waals surface area contributed by atoms with Gasteiger partial charge in [-0.2, -0.15) is 0 Å². The van der Waals surface area contributed by atoms with Crippen LogP contribution in [0.3, 0.4) is 0 Å². The second-order valence-corrected chi connectivity index (χ2v) is 4.84. The van der Waals surface area contributed by atoms with E-state index in [1.807, 2.05) is 12.3 Å². The highest BCUT2D eigenvalue weighted by molar-refractivity contribution is 5.37. The van der Waals surface area contributed by atoms with Gasteiger partial charge >= 0.3 is 0 Å². The van der Waals surface area contributed by atoms with Crippen LogP contribution in [0.4, 0.5) is 0 Å². The minimum absolute atomic E-state index is 0.862. The van der Waals surface area contributed by atoms with Crippen molar-refractivity contribution in [1.29, 1.82) is 0 Å². The van der Waals surface area contributed by atoms with E-state index in [0.717, 1.165) is 13.1 Å². The summed E-state index contributed by atoms with van der Waals surface area (Å²) in [4.78, 5) is 4.12. The molecule has 0 bridgehead atoms. The molecule has 2 heteroatoms. The molecule has 18 heavy (non-hydrogen) atoms. The Morgan fingerprint density at radius 3 is 2.39 bits per heavy atom. The summed E-state index contributed by atoms with van der Waals surface area (Å²) in [5.41, 5.74) is 6.70. The average Bonchev–Trinajstić information content (AvgIpc) is 2.34. The molecule has 0 spiro atoms. The van der Waals surface area contributed by atoms with E-state index in [-0.39, 0.29) is 0 Å². The minimum atomic E-state index is 0.862. The standard InChI is InChI=1S/C16H20N2/c1-12-7-13(2)16(14(3)8-12)11-18-10-15-5-4-6-17-9-15/h4-9,18H,10-11H2,1-3H3. The van der Waals surface area contributed by atoms with Crippen LogP contribution in [-0.2, 0) is 13.1 Å². The fourth-order valence-electron chi connectivity index (χ4n) is 2.32. The maximum atomic E-state index is 4.12. The molecule has 1 aromatic heterocycles. The maximum Gasteiger partial charge on any atom is 0.0312 e. The summed E-state index contributed by atoms with van der Waals surface area (Å²) in [6.45, 7) is 8.28. The van der Waals surface area contributed by atoms with Crippen LogP contribution in [0, 0.1) is 20.8 Å². The molecule has 0 saturated heterocycles. The lowest BCUT2D eigenvalue weighted by Gasteiger charge is -2.12. The lowest BCUT2D eigenvalue weighted by Crippen LogP contribution is -2.14. The number of aryl methyl sites for hydroxylation is 3. The third-order valence-electron chi connectivity index (χ3n) is 3.19. The highest BCUT2D eigenvalue weighted by atomic mass is 14.9. The molecule has 0 saturated carbocycles. The molecule has 2 rings (SSSR count). The zero-order valence-corrected chi connectivity index (χ0v) is 11.3. The summed E-state index contributed by atoms with van der Waals surface area (Å²) in [5.74, 6) is 0.